The van der Waals surface area contributed by atoms with Gasteiger partial charge in [-0.3, -0.25) is 14.2 Å². The number of benzene rings is 3. The number of anilines is 1. The molecule has 0 aliphatic rings. The fourth-order valence-electron chi connectivity index (χ4n) is 3.05. The highest BCUT2D eigenvalue weighted by Crippen LogP contribution is 2.24. The van der Waals surface area contributed by atoms with Crippen LogP contribution in [0.15, 0.2) is 76.7 Å². The molecule has 4 aromatic rings. The fraction of sp³-hybridized carbons (Fsp3) is 0.0435. The molecule has 158 valence electrons. The van der Waals surface area contributed by atoms with Crippen molar-refractivity contribution in [2.24, 2.45) is 0 Å². The van der Waals surface area contributed by atoms with Crippen LogP contribution in [0.3, 0.4) is 0 Å². The van der Waals surface area contributed by atoms with E-state index >= 15 is 0 Å². The quantitative estimate of drug-likeness (QED) is 0.339. The number of fused-ring (bicyclic) bond motifs is 1. The van der Waals surface area contributed by atoms with Gasteiger partial charge in [0.05, 0.1) is 39.0 Å². The Balaban J connectivity index is 1.68. The minimum atomic E-state index is -0.606. The third-order valence-corrected chi connectivity index (χ3v) is 5.74. The van der Waals surface area contributed by atoms with E-state index in [2.05, 4.69) is 10.3 Å². The summed E-state index contributed by atoms with van der Waals surface area (Å²) in [4.78, 5) is 30.2. The third-order valence-electron chi connectivity index (χ3n) is 4.51. The van der Waals surface area contributed by atoms with Gasteiger partial charge in [-0.15, -0.1) is 0 Å². The molecule has 32 heavy (non-hydrogen) atoms. The molecular weight excluding hydrogens is 451 g/mol. The number of hydrogen-bond acceptors (Lipinski definition) is 5. The number of nitriles is 1. The molecule has 4 rings (SSSR count). The van der Waals surface area contributed by atoms with Crippen LogP contribution < -0.4 is 10.9 Å². The molecule has 1 heterocycles. The molecule has 0 unspecified atom stereocenters. The minimum Gasteiger partial charge on any atom is -0.325 e. The van der Waals surface area contributed by atoms with E-state index in [0.29, 0.717) is 27.8 Å². The Hall–Kier alpha value is -3.67. The third kappa shape index (κ3) is 4.49. The number of para-hydroxylation sites is 1. The zero-order valence-electron chi connectivity index (χ0n) is 16.4. The van der Waals surface area contributed by atoms with Crippen LogP contribution >= 0.6 is 23.4 Å². The zero-order valence-corrected chi connectivity index (χ0v) is 18.0. The second-order valence-electron chi connectivity index (χ2n) is 6.68. The Labute approximate surface area is 191 Å². The number of amides is 1. The van der Waals surface area contributed by atoms with Crippen molar-refractivity contribution in [3.63, 3.8) is 0 Å². The second-order valence-corrected chi connectivity index (χ2v) is 8.03. The van der Waals surface area contributed by atoms with Gasteiger partial charge in [0, 0.05) is 5.69 Å². The van der Waals surface area contributed by atoms with Crippen LogP contribution in [0.5, 0.6) is 0 Å². The summed E-state index contributed by atoms with van der Waals surface area (Å²) < 4.78 is 15.0. The van der Waals surface area contributed by atoms with Gasteiger partial charge in [-0.05, 0) is 48.5 Å². The van der Waals surface area contributed by atoms with Crippen LogP contribution in [0.2, 0.25) is 5.02 Å². The van der Waals surface area contributed by atoms with Crippen LogP contribution in [0.25, 0.3) is 16.6 Å². The lowest BCUT2D eigenvalue weighted by Gasteiger charge is -2.13. The summed E-state index contributed by atoms with van der Waals surface area (Å²) in [5, 5.41) is 12.2. The monoisotopic (exact) mass is 464 g/mol. The van der Waals surface area contributed by atoms with Gasteiger partial charge in [0.25, 0.3) is 5.56 Å². The van der Waals surface area contributed by atoms with E-state index in [1.54, 1.807) is 48.5 Å². The predicted octanol–water partition coefficient (Wildman–Crippen LogP) is 4.78. The maximum absolute atomic E-state index is 13.7. The molecule has 0 radical (unpaired) electrons. The Morgan fingerprint density at radius 2 is 1.97 bits per heavy atom. The molecule has 0 saturated heterocycles. The Morgan fingerprint density at radius 1 is 1.16 bits per heavy atom. The predicted molar refractivity (Wildman–Crippen MR) is 123 cm³/mol. The largest absolute Gasteiger partial charge is 0.325 e. The van der Waals surface area contributed by atoms with Crippen LogP contribution in [0, 0.1) is 17.1 Å². The average molecular weight is 465 g/mol. The summed E-state index contributed by atoms with van der Waals surface area (Å²) in [7, 11) is 0. The van der Waals surface area contributed by atoms with Crippen molar-refractivity contribution in [2.45, 2.75) is 5.16 Å². The lowest BCUT2D eigenvalue weighted by atomic mass is 10.2. The molecule has 0 saturated carbocycles. The first kappa shape index (κ1) is 21.6. The number of hydrogen-bond donors (Lipinski definition) is 1. The van der Waals surface area contributed by atoms with Crippen molar-refractivity contribution >= 4 is 45.9 Å². The maximum atomic E-state index is 13.7. The lowest BCUT2D eigenvalue weighted by Crippen LogP contribution is -2.23. The summed E-state index contributed by atoms with van der Waals surface area (Å²) >= 11 is 6.98. The van der Waals surface area contributed by atoms with Crippen molar-refractivity contribution < 1.29 is 9.18 Å². The van der Waals surface area contributed by atoms with E-state index < -0.39 is 5.82 Å². The number of nitrogens with one attached hydrogen (secondary N) is 1. The maximum Gasteiger partial charge on any atom is 0.266 e. The van der Waals surface area contributed by atoms with Gasteiger partial charge < -0.3 is 5.32 Å². The SMILES string of the molecule is N#Cc1cccc(NC(=O)CSc2nc3ccccc3c(=O)n2-c2ccc(F)c(Cl)c2)c1. The van der Waals surface area contributed by atoms with Gasteiger partial charge in [0.1, 0.15) is 5.82 Å². The van der Waals surface area contributed by atoms with Crippen LogP contribution in [-0.4, -0.2) is 21.2 Å². The van der Waals surface area contributed by atoms with Gasteiger partial charge in [-0.2, -0.15) is 5.26 Å². The Bertz CT molecular complexity index is 1450. The Kier molecular flexibility index (Phi) is 6.21. The number of carbonyl (C=O) groups is 1. The van der Waals surface area contributed by atoms with Gasteiger partial charge in [0.15, 0.2) is 5.16 Å². The number of thioether (sulfide) groups is 1. The van der Waals surface area contributed by atoms with E-state index in [4.69, 9.17) is 16.9 Å². The topological polar surface area (TPSA) is 87.8 Å². The minimum absolute atomic E-state index is 0.0452. The highest BCUT2D eigenvalue weighted by atomic mass is 35.5. The van der Waals surface area contributed by atoms with Crippen LogP contribution in [0.1, 0.15) is 5.56 Å². The van der Waals surface area contributed by atoms with Gasteiger partial charge in [0.2, 0.25) is 5.91 Å². The molecule has 0 spiro atoms. The normalized spacial score (nSPS) is 10.7. The summed E-state index contributed by atoms with van der Waals surface area (Å²) in [6, 6.07) is 19.3. The number of carbonyl (C=O) groups excluding carboxylic acids is 1. The number of rotatable bonds is 5. The molecule has 0 bridgehead atoms. The number of aromatic nitrogens is 2. The molecule has 1 amide bonds. The first-order chi connectivity index (χ1) is 15.5. The first-order valence-corrected chi connectivity index (χ1v) is 10.7. The molecule has 0 aliphatic carbocycles. The summed E-state index contributed by atoms with van der Waals surface area (Å²) in [6.07, 6.45) is 0. The van der Waals surface area contributed by atoms with Crippen molar-refractivity contribution in [3.8, 4) is 11.8 Å². The van der Waals surface area contributed by atoms with Gasteiger partial charge >= 0.3 is 0 Å². The van der Waals surface area contributed by atoms with Crippen molar-refractivity contribution in [3.05, 3.63) is 93.5 Å². The zero-order chi connectivity index (χ0) is 22.7. The van der Waals surface area contributed by atoms with Gasteiger partial charge in [-0.1, -0.05) is 41.6 Å². The standard InChI is InChI=1S/C23H14ClFN4O2S/c24-18-11-16(8-9-19(18)25)29-22(31)17-6-1-2-7-20(17)28-23(29)32-13-21(30)27-15-5-3-4-14(10-15)12-26/h1-11H,13H2,(H,27,30). The Morgan fingerprint density at radius 3 is 2.75 bits per heavy atom. The second kappa shape index (κ2) is 9.22. The summed E-state index contributed by atoms with van der Waals surface area (Å²) in [5.41, 5.74) is 1.37. The molecule has 6 nitrogen and oxygen atoms in total. The highest BCUT2D eigenvalue weighted by Gasteiger charge is 2.16. The highest BCUT2D eigenvalue weighted by molar-refractivity contribution is 7.99. The number of nitrogens with zero attached hydrogens (tertiary/aromatic N) is 3. The molecule has 3 aromatic carbocycles. The van der Waals surface area contributed by atoms with Crippen LogP contribution in [-0.2, 0) is 4.79 Å². The fourth-order valence-corrected chi connectivity index (χ4v) is 4.04. The van der Waals surface area contributed by atoms with Crippen molar-refractivity contribution in [2.75, 3.05) is 11.1 Å². The molecule has 0 atom stereocenters. The van der Waals surface area contributed by atoms with E-state index in [1.807, 2.05) is 6.07 Å². The van der Waals surface area contributed by atoms with Crippen LogP contribution in [0.4, 0.5) is 10.1 Å². The average Bonchev–Trinajstić information content (AvgIpc) is 2.80. The van der Waals surface area contributed by atoms with E-state index in [9.17, 15) is 14.0 Å². The number of halogens is 2. The molecular formula is C23H14ClFN4O2S. The molecule has 1 N–H and O–H groups in total. The van der Waals surface area contributed by atoms with Crippen molar-refractivity contribution in [1.29, 1.82) is 5.26 Å². The summed E-state index contributed by atoms with van der Waals surface area (Å²) in [5.74, 6) is -0.988. The smallest absolute Gasteiger partial charge is 0.266 e. The van der Waals surface area contributed by atoms with Crippen molar-refractivity contribution in [1.82, 2.24) is 9.55 Å². The summed E-state index contributed by atoms with van der Waals surface area (Å²) in [6.45, 7) is 0. The molecule has 0 aliphatic heterocycles. The molecule has 0 fully saturated rings. The van der Waals surface area contributed by atoms with Gasteiger partial charge in [-0.25, -0.2) is 9.37 Å². The first-order valence-electron chi connectivity index (χ1n) is 9.36. The van der Waals surface area contributed by atoms with E-state index in [0.717, 1.165) is 11.8 Å². The van der Waals surface area contributed by atoms with E-state index in [1.165, 1.54) is 22.8 Å². The molecule has 9 heteroatoms. The lowest BCUT2D eigenvalue weighted by molar-refractivity contribution is -0.113. The molecule has 1 aromatic heterocycles. The van der Waals surface area contributed by atoms with E-state index in [-0.39, 0.29) is 27.4 Å².